The number of fused-ring (bicyclic) bond motifs is 4. The Morgan fingerprint density at radius 1 is 0.576 bits per heavy atom. The molecule has 0 saturated heterocycles. The molecule has 0 aliphatic rings. The standard InChI is InChI=1S/C17H15BrN4O3.C9H4BrClN2O2.C9H5BrN2O3.C9H4BrNO4.C9H8BrNO4/c1-9-5-10(2)21-17(23)14(9)8-20-16-13-6-11(18)7-15(22(24)25)12(13)3-4-19-16;10-5-3-7-6(1-2-12-9(7)11)8(4-5)13(14)15;10-5-3-7-6(1-2-11-9(7)13)8(4-5)12(14)15;10-5-3-7-6(1-2-15-9(7)12)8(4-5)11(13)14;1-5-7(9(12)15-2)3-6(10)4-8(5)11(13)14/h3-7H,8H2,1-2H3,(H,19,20)(H,21,23);1-4H;1-4H,(H,11,13);1-4H;3-4H,1-2H3. The van der Waals surface area contributed by atoms with Crippen LogP contribution in [-0.2, 0) is 11.3 Å². The predicted octanol–water partition coefficient (Wildman–Crippen LogP) is 14.5. The summed E-state index contributed by atoms with van der Waals surface area (Å²) in [6.45, 7) is 5.48. The van der Waals surface area contributed by atoms with Gasteiger partial charge in [-0.1, -0.05) is 91.3 Å². The van der Waals surface area contributed by atoms with E-state index in [0.717, 1.165) is 17.5 Å². The Morgan fingerprint density at radius 2 is 1.02 bits per heavy atom. The molecule has 5 aromatic heterocycles. The first-order chi connectivity index (χ1) is 40.1. The number of nitrogens with zero attached hydrogens (tertiary/aromatic N) is 7. The number of esters is 1. The number of carbonyl (C=O) groups excluding carboxylic acids is 1. The zero-order valence-electron chi connectivity index (χ0n) is 43.6. The summed E-state index contributed by atoms with van der Waals surface area (Å²) in [4.78, 5) is 111. The monoisotopic (exact) mass is 1500 g/mol. The van der Waals surface area contributed by atoms with Gasteiger partial charge in [0.25, 0.3) is 39.6 Å². The third kappa shape index (κ3) is 16.1. The lowest BCUT2D eigenvalue weighted by Gasteiger charge is -2.11. The number of aromatic amines is 2. The van der Waals surface area contributed by atoms with Crippen LogP contribution in [0.3, 0.4) is 0 Å². The summed E-state index contributed by atoms with van der Waals surface area (Å²) >= 11 is 21.7. The molecule has 0 bridgehead atoms. The minimum atomic E-state index is -0.586. The number of pyridine rings is 4. The molecule has 5 heterocycles. The van der Waals surface area contributed by atoms with Crippen LogP contribution in [0.4, 0.5) is 34.3 Å². The lowest BCUT2D eigenvalue weighted by molar-refractivity contribution is -0.385. The molecule has 0 aliphatic carbocycles. The molecule has 0 amide bonds. The van der Waals surface area contributed by atoms with E-state index < -0.39 is 36.2 Å². The van der Waals surface area contributed by atoms with Crippen LogP contribution in [0, 0.1) is 71.3 Å². The second-order valence-corrected chi connectivity index (χ2v) is 22.2. The molecule has 0 radical (unpaired) electrons. The van der Waals surface area contributed by atoms with Crippen molar-refractivity contribution in [2.75, 3.05) is 12.4 Å². The summed E-state index contributed by atoms with van der Waals surface area (Å²) in [6, 6.07) is 23.0. The van der Waals surface area contributed by atoms with Crippen molar-refractivity contribution >= 4 is 175 Å². The number of carbonyl (C=O) groups is 1. The van der Waals surface area contributed by atoms with Crippen molar-refractivity contribution in [3.63, 3.8) is 0 Å². The molecule has 10 aromatic rings. The van der Waals surface area contributed by atoms with Gasteiger partial charge in [0.05, 0.1) is 75.9 Å². The maximum atomic E-state index is 12.1. The van der Waals surface area contributed by atoms with Crippen LogP contribution in [0.1, 0.15) is 32.7 Å². The SMILES string of the molecule is COC(=O)c1cc(Br)cc([N+](=O)[O-])c1C.Cc1cc(C)c(CNc2nccc3c([N+](=O)[O-])cc(Br)cc23)c(=O)[nH]1.O=[N+]([O-])c1cc(Br)cc2c(Cl)nccc12.O=c1[nH]ccc2c([N+](=O)[O-])cc(Br)cc12.O=c1occc2c([N+](=O)[O-])cc(Br)cc12. The van der Waals surface area contributed by atoms with Crippen LogP contribution < -0.4 is 22.1 Å². The van der Waals surface area contributed by atoms with Gasteiger partial charge in [-0.05, 0) is 87.0 Å². The van der Waals surface area contributed by atoms with E-state index in [1.54, 1.807) is 30.3 Å². The summed E-state index contributed by atoms with van der Waals surface area (Å²) in [7, 11) is 1.23. The van der Waals surface area contributed by atoms with E-state index in [4.69, 9.17) is 11.6 Å². The molecule has 85 heavy (non-hydrogen) atoms. The Kier molecular flexibility index (Phi) is 22.1. The second kappa shape index (κ2) is 28.7. The van der Waals surface area contributed by atoms with E-state index in [1.807, 2.05) is 19.9 Å². The molecule has 0 saturated carbocycles. The van der Waals surface area contributed by atoms with Gasteiger partial charge >= 0.3 is 11.6 Å². The van der Waals surface area contributed by atoms with Crippen LogP contribution in [0.25, 0.3) is 43.1 Å². The largest absolute Gasteiger partial charge is 0.465 e. The van der Waals surface area contributed by atoms with Gasteiger partial charge in [-0.2, -0.15) is 0 Å². The number of hydrogen-bond donors (Lipinski definition) is 3. The van der Waals surface area contributed by atoms with Gasteiger partial charge in [0, 0.05) is 105 Å². The molecular formula is C53H36Br5ClN10O16. The minimum absolute atomic E-state index is 0.000751. The zero-order valence-corrected chi connectivity index (χ0v) is 52.3. The van der Waals surface area contributed by atoms with Gasteiger partial charge in [0.2, 0.25) is 0 Å². The average molecular weight is 1500 g/mol. The molecule has 26 nitrogen and oxygen atoms in total. The van der Waals surface area contributed by atoms with E-state index in [2.05, 4.69) is 114 Å². The van der Waals surface area contributed by atoms with Crippen LogP contribution in [-0.4, -0.2) is 57.6 Å². The average Bonchev–Trinajstić information content (AvgIpc) is 3.62. The van der Waals surface area contributed by atoms with Gasteiger partial charge in [0.15, 0.2) is 0 Å². The number of benzene rings is 5. The molecule has 0 unspecified atom stereocenters. The number of halogens is 6. The molecule has 32 heteroatoms. The number of nitrogens with one attached hydrogen (secondary N) is 3. The van der Waals surface area contributed by atoms with Crippen molar-refractivity contribution in [3.8, 4) is 0 Å². The Bertz CT molecular complexity index is 4440. The highest BCUT2D eigenvalue weighted by Gasteiger charge is 2.22. The van der Waals surface area contributed by atoms with Crippen molar-refractivity contribution in [1.82, 2.24) is 19.9 Å². The smallest absolute Gasteiger partial charge is 0.343 e. The molecule has 0 aliphatic heterocycles. The zero-order chi connectivity index (χ0) is 62.7. The van der Waals surface area contributed by atoms with Crippen molar-refractivity contribution in [2.24, 2.45) is 0 Å². The number of aryl methyl sites for hydroxylation is 2. The molecular weight excluding hydrogens is 1470 g/mol. The van der Waals surface area contributed by atoms with Crippen LogP contribution in [0.5, 0.6) is 0 Å². The first-order valence-electron chi connectivity index (χ1n) is 23.5. The highest BCUT2D eigenvalue weighted by Crippen LogP contribution is 2.35. The predicted molar refractivity (Wildman–Crippen MR) is 334 cm³/mol. The van der Waals surface area contributed by atoms with E-state index in [0.29, 0.717) is 71.6 Å². The van der Waals surface area contributed by atoms with E-state index in [1.165, 1.54) is 87.2 Å². The normalized spacial score (nSPS) is 10.5. The Balaban J connectivity index is 0.000000174. The lowest BCUT2D eigenvalue weighted by Crippen LogP contribution is -2.18. The number of H-pyrrole nitrogens is 2. The molecule has 436 valence electrons. The fourth-order valence-corrected chi connectivity index (χ4v) is 10.5. The molecule has 0 spiro atoms. The number of hydrogen-bond acceptors (Lipinski definition) is 19. The number of ether oxygens (including phenoxy) is 1. The molecule has 0 fully saturated rings. The number of methoxy groups -OCH3 is 1. The van der Waals surface area contributed by atoms with Gasteiger partial charge in [-0.25, -0.2) is 19.6 Å². The van der Waals surface area contributed by atoms with Crippen molar-refractivity contribution in [2.45, 2.75) is 27.3 Å². The van der Waals surface area contributed by atoms with E-state index in [9.17, 15) is 69.7 Å². The highest BCUT2D eigenvalue weighted by molar-refractivity contribution is 9.11. The second-order valence-electron chi connectivity index (χ2n) is 17.3. The third-order valence-corrected chi connectivity index (χ3v) is 14.4. The summed E-state index contributed by atoms with van der Waals surface area (Å²) in [5.74, 6) is -0.0989. The lowest BCUT2D eigenvalue weighted by atomic mass is 10.1. The van der Waals surface area contributed by atoms with E-state index >= 15 is 0 Å². The maximum Gasteiger partial charge on any atom is 0.343 e. The summed E-state index contributed by atoms with van der Waals surface area (Å²) in [6.07, 6.45) is 5.50. The first-order valence-corrected chi connectivity index (χ1v) is 27.8. The van der Waals surface area contributed by atoms with Crippen molar-refractivity contribution in [3.05, 3.63) is 253 Å². The van der Waals surface area contributed by atoms with Gasteiger partial charge in [-0.15, -0.1) is 0 Å². The number of aromatic nitrogens is 4. The molecule has 0 atom stereocenters. The van der Waals surface area contributed by atoms with Gasteiger partial charge < -0.3 is 24.4 Å². The van der Waals surface area contributed by atoms with Crippen LogP contribution in [0.2, 0.25) is 5.15 Å². The number of anilines is 1. The Morgan fingerprint density at radius 3 is 1.54 bits per heavy atom. The van der Waals surface area contributed by atoms with Crippen molar-refractivity contribution < 1.29 is 38.6 Å². The van der Waals surface area contributed by atoms with Gasteiger partial charge in [0.1, 0.15) is 11.0 Å². The van der Waals surface area contributed by atoms with Crippen LogP contribution >= 0.6 is 91.3 Å². The quantitative estimate of drug-likeness (QED) is 0.0523. The summed E-state index contributed by atoms with van der Waals surface area (Å²) in [5.41, 5.74) is 1.41. The summed E-state index contributed by atoms with van der Waals surface area (Å²) < 4.78 is 11.8. The number of rotatable bonds is 9. The van der Waals surface area contributed by atoms with Gasteiger partial charge in [-0.3, -0.25) is 60.2 Å². The molecule has 10 rings (SSSR count). The Labute approximate surface area is 522 Å². The van der Waals surface area contributed by atoms with Crippen LogP contribution in [0.15, 0.2) is 157 Å². The summed E-state index contributed by atoms with van der Waals surface area (Å²) in [5, 5.41) is 60.9. The minimum Gasteiger partial charge on any atom is -0.465 e. The topological polar surface area (TPSA) is 376 Å². The Hall–Kier alpha value is -8.75. The fraction of sp³-hybridized carbons (Fsp3) is 0.0943. The molecule has 5 aromatic carbocycles. The third-order valence-electron chi connectivity index (χ3n) is 11.8. The maximum absolute atomic E-state index is 12.1. The first kappa shape index (κ1) is 65.4. The number of nitro groups is 5. The van der Waals surface area contributed by atoms with E-state index in [-0.39, 0.29) is 67.6 Å². The fourth-order valence-electron chi connectivity index (χ4n) is 8.04. The molecule has 3 N–H and O–H groups in total. The number of non-ortho nitro benzene ring substituents is 4. The number of nitro benzene ring substituents is 5. The van der Waals surface area contributed by atoms with Crippen molar-refractivity contribution in [1.29, 1.82) is 0 Å². The highest BCUT2D eigenvalue weighted by atomic mass is 79.9.